The molecule has 0 N–H and O–H groups in total. The van der Waals surface area contributed by atoms with Crippen molar-refractivity contribution in [1.82, 2.24) is 4.90 Å². The smallest absolute Gasteiger partial charge is 0.261 e. The molecule has 0 spiro atoms. The molecule has 0 radical (unpaired) electrons. The van der Waals surface area contributed by atoms with Gasteiger partial charge in [-0.2, -0.15) is 0 Å². The Morgan fingerprint density at radius 1 is 1.04 bits per heavy atom. The Kier molecular flexibility index (Phi) is 5.71. The van der Waals surface area contributed by atoms with Gasteiger partial charge in [0, 0.05) is 21.5 Å². The van der Waals surface area contributed by atoms with Gasteiger partial charge in [0.15, 0.2) is 0 Å². The van der Waals surface area contributed by atoms with E-state index in [0.717, 1.165) is 27.4 Å². The summed E-state index contributed by atoms with van der Waals surface area (Å²) in [5.74, 6) is 0.0590. The molecule has 3 rings (SSSR count). The first-order valence-corrected chi connectivity index (χ1v) is 10.1. The van der Waals surface area contributed by atoms with E-state index in [2.05, 4.69) is 0 Å². The predicted octanol–water partition coefficient (Wildman–Crippen LogP) is 6.53. The van der Waals surface area contributed by atoms with Crippen molar-refractivity contribution in [2.75, 3.05) is 6.54 Å². The molecule has 0 aliphatic carbocycles. The number of halogens is 2. The summed E-state index contributed by atoms with van der Waals surface area (Å²) in [4.78, 5) is 17.1. The van der Waals surface area contributed by atoms with Crippen LogP contribution in [0, 0.1) is 0 Å². The van der Waals surface area contributed by atoms with Gasteiger partial charge in [0.2, 0.25) is 0 Å². The Labute approximate surface area is 169 Å². The monoisotopic (exact) mass is 405 g/mol. The van der Waals surface area contributed by atoms with Gasteiger partial charge in [-0.25, -0.2) is 0 Å². The Bertz CT molecular complexity index is 841. The molecule has 0 fully saturated rings. The van der Waals surface area contributed by atoms with Crippen molar-refractivity contribution in [3.63, 3.8) is 0 Å². The zero-order valence-electron chi connectivity index (χ0n) is 15.1. The summed E-state index contributed by atoms with van der Waals surface area (Å²) in [7, 11) is 0. The quantitative estimate of drug-likeness (QED) is 0.576. The number of hydrogen-bond acceptors (Lipinski definition) is 2. The Morgan fingerprint density at radius 2 is 1.65 bits per heavy atom. The third-order valence-electron chi connectivity index (χ3n) is 4.74. The average molecular weight is 406 g/mol. The molecule has 2 aromatic rings. The fourth-order valence-corrected chi connectivity index (χ4v) is 4.66. The van der Waals surface area contributed by atoms with Crippen LogP contribution in [0.25, 0.3) is 0 Å². The normalized spacial score (nSPS) is 15.6. The third-order valence-corrected chi connectivity index (χ3v) is 6.42. The van der Waals surface area contributed by atoms with Gasteiger partial charge in [-0.1, -0.05) is 58.7 Å². The number of rotatable bonds is 4. The SMILES string of the molecule is CC1=C(Sc2ccccc2)C(=O)N(C(C)(C)c2cc(Cl)cc(Cl)c2)CC1. The van der Waals surface area contributed by atoms with Gasteiger partial charge in [-0.15, -0.1) is 0 Å². The van der Waals surface area contributed by atoms with Gasteiger partial charge in [0.1, 0.15) is 0 Å². The number of thioether (sulfide) groups is 1. The number of carbonyl (C=O) groups excluding carboxylic acids is 1. The van der Waals surface area contributed by atoms with E-state index in [4.69, 9.17) is 23.2 Å². The summed E-state index contributed by atoms with van der Waals surface area (Å²) in [5, 5.41) is 1.16. The van der Waals surface area contributed by atoms with E-state index in [0.29, 0.717) is 16.6 Å². The number of nitrogens with zero attached hydrogens (tertiary/aromatic N) is 1. The van der Waals surface area contributed by atoms with Crippen LogP contribution in [0.2, 0.25) is 10.0 Å². The van der Waals surface area contributed by atoms with Crippen molar-refractivity contribution in [3.05, 3.63) is 74.6 Å². The third kappa shape index (κ3) is 3.95. The maximum atomic E-state index is 13.3. The van der Waals surface area contributed by atoms with E-state index in [1.807, 2.05) is 68.1 Å². The summed E-state index contributed by atoms with van der Waals surface area (Å²) < 4.78 is 0. The number of amides is 1. The summed E-state index contributed by atoms with van der Waals surface area (Å²) in [6.45, 7) is 6.81. The highest BCUT2D eigenvalue weighted by Gasteiger charge is 2.37. The molecule has 2 nitrogen and oxygen atoms in total. The fourth-order valence-electron chi connectivity index (χ4n) is 3.13. The molecule has 1 aliphatic rings. The lowest BCUT2D eigenvalue weighted by Gasteiger charge is -2.42. The maximum absolute atomic E-state index is 13.3. The molecule has 1 heterocycles. The van der Waals surface area contributed by atoms with Gasteiger partial charge < -0.3 is 4.90 Å². The first kappa shape index (κ1) is 19.3. The highest BCUT2D eigenvalue weighted by Crippen LogP contribution is 2.40. The number of hydrogen-bond donors (Lipinski definition) is 0. The molecule has 136 valence electrons. The molecule has 0 unspecified atom stereocenters. The first-order valence-electron chi connectivity index (χ1n) is 8.50. The number of benzene rings is 2. The van der Waals surface area contributed by atoms with Crippen LogP contribution in [-0.2, 0) is 10.3 Å². The molecule has 0 atom stereocenters. The van der Waals surface area contributed by atoms with Gasteiger partial charge in [0.25, 0.3) is 5.91 Å². The van der Waals surface area contributed by atoms with Crippen LogP contribution >= 0.6 is 35.0 Å². The molecule has 0 saturated heterocycles. The second-order valence-corrected chi connectivity index (χ2v) is 8.91. The molecule has 0 bridgehead atoms. The Hall–Kier alpha value is -1.42. The summed E-state index contributed by atoms with van der Waals surface area (Å²) >= 11 is 13.9. The second kappa shape index (κ2) is 7.67. The average Bonchev–Trinajstić information content (AvgIpc) is 2.58. The van der Waals surface area contributed by atoms with Crippen molar-refractivity contribution in [1.29, 1.82) is 0 Å². The van der Waals surface area contributed by atoms with Gasteiger partial charge >= 0.3 is 0 Å². The molecule has 0 saturated carbocycles. The van der Waals surface area contributed by atoms with Crippen LogP contribution in [0.5, 0.6) is 0 Å². The molecule has 2 aromatic carbocycles. The number of carbonyl (C=O) groups is 1. The van der Waals surface area contributed by atoms with Crippen molar-refractivity contribution < 1.29 is 4.79 Å². The lowest BCUT2D eigenvalue weighted by atomic mass is 9.90. The highest BCUT2D eigenvalue weighted by molar-refractivity contribution is 8.04. The largest absolute Gasteiger partial charge is 0.329 e. The summed E-state index contributed by atoms with van der Waals surface area (Å²) in [5.41, 5.74) is 1.57. The van der Waals surface area contributed by atoms with Crippen LogP contribution in [0.15, 0.2) is 63.9 Å². The first-order chi connectivity index (χ1) is 12.3. The van der Waals surface area contributed by atoms with Gasteiger partial charge in [-0.05, 0) is 63.1 Å². The molecule has 1 amide bonds. The molecular weight excluding hydrogens is 385 g/mol. The van der Waals surface area contributed by atoms with Gasteiger partial charge in [0.05, 0.1) is 10.4 Å². The van der Waals surface area contributed by atoms with Crippen molar-refractivity contribution in [2.45, 2.75) is 37.6 Å². The predicted molar refractivity (Wildman–Crippen MR) is 111 cm³/mol. The van der Waals surface area contributed by atoms with Crippen LogP contribution in [0.3, 0.4) is 0 Å². The molecule has 0 aromatic heterocycles. The highest BCUT2D eigenvalue weighted by atomic mass is 35.5. The standard InChI is InChI=1S/C21H21Cl2NOS/c1-14-9-10-24(20(25)19(14)26-18-7-5-4-6-8-18)21(2,3)15-11-16(22)13-17(23)12-15/h4-8,11-13H,9-10H2,1-3H3. The minimum atomic E-state index is -0.505. The van der Waals surface area contributed by atoms with Crippen LogP contribution in [-0.4, -0.2) is 17.4 Å². The van der Waals surface area contributed by atoms with Gasteiger partial charge in [-0.3, -0.25) is 4.79 Å². The fraction of sp³-hybridized carbons (Fsp3) is 0.286. The van der Waals surface area contributed by atoms with E-state index < -0.39 is 5.54 Å². The van der Waals surface area contributed by atoms with E-state index in [-0.39, 0.29) is 5.91 Å². The van der Waals surface area contributed by atoms with E-state index in [9.17, 15) is 4.79 Å². The minimum absolute atomic E-state index is 0.0590. The van der Waals surface area contributed by atoms with E-state index in [1.54, 1.807) is 6.07 Å². The zero-order chi connectivity index (χ0) is 18.9. The van der Waals surface area contributed by atoms with Crippen molar-refractivity contribution in [2.24, 2.45) is 0 Å². The second-order valence-electron chi connectivity index (χ2n) is 6.95. The van der Waals surface area contributed by atoms with Crippen LogP contribution in [0.4, 0.5) is 0 Å². The summed E-state index contributed by atoms with van der Waals surface area (Å²) in [6, 6.07) is 15.5. The van der Waals surface area contributed by atoms with E-state index in [1.165, 1.54) is 11.8 Å². The molecule has 1 aliphatic heterocycles. The minimum Gasteiger partial charge on any atom is -0.329 e. The lowest BCUT2D eigenvalue weighted by Crippen LogP contribution is -2.48. The summed E-state index contributed by atoms with van der Waals surface area (Å²) in [6.07, 6.45) is 0.860. The topological polar surface area (TPSA) is 20.3 Å². The maximum Gasteiger partial charge on any atom is 0.261 e. The van der Waals surface area contributed by atoms with Crippen LogP contribution < -0.4 is 0 Å². The van der Waals surface area contributed by atoms with Crippen molar-refractivity contribution in [3.8, 4) is 0 Å². The molecular formula is C21H21Cl2NOS. The zero-order valence-corrected chi connectivity index (χ0v) is 17.4. The molecule has 5 heteroatoms. The Balaban J connectivity index is 1.93. The lowest BCUT2D eigenvalue weighted by molar-refractivity contribution is -0.132. The van der Waals surface area contributed by atoms with Crippen LogP contribution in [0.1, 0.15) is 32.8 Å². The van der Waals surface area contributed by atoms with E-state index >= 15 is 0 Å². The molecule has 26 heavy (non-hydrogen) atoms. The Morgan fingerprint density at radius 3 is 2.27 bits per heavy atom. The van der Waals surface area contributed by atoms with Crippen molar-refractivity contribution >= 4 is 40.9 Å².